The summed E-state index contributed by atoms with van der Waals surface area (Å²) in [6, 6.07) is 0. The molecule has 0 atom stereocenters. The largest absolute Gasteiger partial charge is 0.381 e. The molecule has 0 bridgehead atoms. The van der Waals surface area contributed by atoms with Gasteiger partial charge in [0, 0.05) is 26.1 Å². The molecule has 1 N–H and O–H groups in total. The van der Waals surface area contributed by atoms with Crippen LogP contribution in [0.2, 0.25) is 0 Å². The minimum atomic E-state index is 0.0370. The molecule has 2 aliphatic heterocycles. The van der Waals surface area contributed by atoms with Crippen LogP contribution in [0.3, 0.4) is 0 Å². The van der Waals surface area contributed by atoms with Crippen LogP contribution in [0.15, 0.2) is 0 Å². The summed E-state index contributed by atoms with van der Waals surface area (Å²) >= 11 is 1.73. The van der Waals surface area contributed by atoms with E-state index in [2.05, 4.69) is 5.32 Å². The molecule has 0 saturated carbocycles. The van der Waals surface area contributed by atoms with Gasteiger partial charge in [-0.1, -0.05) is 0 Å². The van der Waals surface area contributed by atoms with Crippen LogP contribution in [-0.4, -0.2) is 29.7 Å². The molecule has 3 nitrogen and oxygen atoms in total. The summed E-state index contributed by atoms with van der Waals surface area (Å²) in [7, 11) is 0. The number of thioether (sulfide) groups is 1. The maximum absolute atomic E-state index is 10.9. The molecule has 0 aromatic rings. The monoisotopic (exact) mass is 173 g/mol. The lowest BCUT2D eigenvalue weighted by Gasteiger charge is -2.31. The molecule has 4 heteroatoms. The van der Waals surface area contributed by atoms with Crippen molar-refractivity contribution in [1.29, 1.82) is 0 Å². The van der Waals surface area contributed by atoms with Gasteiger partial charge in [0.1, 0.15) is 0 Å². The lowest BCUT2D eigenvalue weighted by molar-refractivity contribution is -0.119. The number of hydrogen-bond acceptors (Lipinski definition) is 3. The SMILES string of the molecule is O=C1CSC2(CCOCC2)N1. The van der Waals surface area contributed by atoms with E-state index in [4.69, 9.17) is 4.74 Å². The van der Waals surface area contributed by atoms with E-state index in [0.29, 0.717) is 5.75 Å². The Labute approximate surface area is 69.9 Å². The lowest BCUT2D eigenvalue weighted by Crippen LogP contribution is -2.44. The number of hydrogen-bond donors (Lipinski definition) is 1. The summed E-state index contributed by atoms with van der Waals surface area (Å²) in [5.41, 5.74) is 0. The average molecular weight is 173 g/mol. The molecule has 0 radical (unpaired) electrons. The van der Waals surface area contributed by atoms with Gasteiger partial charge in [0.2, 0.25) is 5.91 Å². The first kappa shape index (κ1) is 7.43. The second-order valence-electron chi connectivity index (χ2n) is 2.94. The van der Waals surface area contributed by atoms with Gasteiger partial charge in [-0.3, -0.25) is 4.79 Å². The summed E-state index contributed by atoms with van der Waals surface area (Å²) in [6.45, 7) is 1.57. The van der Waals surface area contributed by atoms with Gasteiger partial charge in [-0.2, -0.15) is 0 Å². The van der Waals surface area contributed by atoms with E-state index >= 15 is 0 Å². The number of rotatable bonds is 0. The van der Waals surface area contributed by atoms with E-state index in [1.165, 1.54) is 0 Å². The minimum absolute atomic E-state index is 0.0370. The lowest BCUT2D eigenvalue weighted by atomic mass is 10.1. The predicted octanol–water partition coefficient (Wildman–Crippen LogP) is 0.356. The molecule has 0 unspecified atom stereocenters. The molecule has 62 valence electrons. The van der Waals surface area contributed by atoms with Gasteiger partial charge in [-0.05, 0) is 0 Å². The van der Waals surface area contributed by atoms with Crippen LogP contribution in [-0.2, 0) is 9.53 Å². The molecule has 0 aromatic heterocycles. The number of amides is 1. The molecule has 2 heterocycles. The Hall–Kier alpha value is -0.220. The number of ether oxygens (including phenoxy) is 1. The molecule has 11 heavy (non-hydrogen) atoms. The van der Waals surface area contributed by atoms with Crippen molar-refractivity contribution in [2.75, 3.05) is 19.0 Å². The summed E-state index contributed by atoms with van der Waals surface area (Å²) in [6.07, 6.45) is 1.92. The van der Waals surface area contributed by atoms with Crippen LogP contribution in [0, 0.1) is 0 Å². The number of nitrogens with one attached hydrogen (secondary N) is 1. The van der Waals surface area contributed by atoms with Crippen molar-refractivity contribution in [2.24, 2.45) is 0 Å². The third kappa shape index (κ3) is 1.37. The first-order chi connectivity index (χ1) is 5.31. The standard InChI is InChI=1S/C7H11NO2S/c9-6-5-11-7(8-6)1-3-10-4-2-7/h1-5H2,(H,8,9). The first-order valence-corrected chi connectivity index (χ1v) is 4.82. The Balaban J connectivity index is 2.03. The second kappa shape index (κ2) is 2.68. The Morgan fingerprint density at radius 3 is 2.73 bits per heavy atom. The Morgan fingerprint density at radius 1 is 1.45 bits per heavy atom. The zero-order valence-electron chi connectivity index (χ0n) is 6.26. The van der Waals surface area contributed by atoms with Gasteiger partial charge in [0.15, 0.2) is 0 Å². The highest BCUT2D eigenvalue weighted by atomic mass is 32.2. The number of carbonyl (C=O) groups excluding carboxylic acids is 1. The molecular weight excluding hydrogens is 162 g/mol. The fourth-order valence-electron chi connectivity index (χ4n) is 1.50. The fourth-order valence-corrected chi connectivity index (χ4v) is 2.62. The summed E-state index contributed by atoms with van der Waals surface area (Å²) in [5, 5.41) is 3.01. The van der Waals surface area contributed by atoms with E-state index in [1.807, 2.05) is 0 Å². The quantitative estimate of drug-likeness (QED) is 0.574. The molecule has 2 aliphatic rings. The fraction of sp³-hybridized carbons (Fsp3) is 0.857. The molecule has 1 amide bonds. The van der Waals surface area contributed by atoms with Crippen molar-refractivity contribution in [3.05, 3.63) is 0 Å². The van der Waals surface area contributed by atoms with Crippen LogP contribution < -0.4 is 5.32 Å². The van der Waals surface area contributed by atoms with Crippen LogP contribution in [0.1, 0.15) is 12.8 Å². The van der Waals surface area contributed by atoms with Crippen LogP contribution in [0.5, 0.6) is 0 Å². The summed E-state index contributed by atoms with van der Waals surface area (Å²) in [5.74, 6) is 0.803. The van der Waals surface area contributed by atoms with E-state index in [0.717, 1.165) is 26.1 Å². The van der Waals surface area contributed by atoms with Gasteiger partial charge in [0.25, 0.3) is 0 Å². The van der Waals surface area contributed by atoms with Crippen molar-refractivity contribution in [3.63, 3.8) is 0 Å². The minimum Gasteiger partial charge on any atom is -0.381 e. The van der Waals surface area contributed by atoms with Crippen molar-refractivity contribution in [2.45, 2.75) is 17.7 Å². The van der Waals surface area contributed by atoms with E-state index < -0.39 is 0 Å². The molecule has 0 aliphatic carbocycles. The Kier molecular flexibility index (Phi) is 1.81. The van der Waals surface area contributed by atoms with E-state index in [9.17, 15) is 4.79 Å². The maximum atomic E-state index is 10.9. The second-order valence-corrected chi connectivity index (χ2v) is 4.30. The number of carbonyl (C=O) groups is 1. The topological polar surface area (TPSA) is 38.3 Å². The Bertz CT molecular complexity index is 177. The maximum Gasteiger partial charge on any atom is 0.231 e. The highest BCUT2D eigenvalue weighted by molar-refractivity contribution is 8.01. The van der Waals surface area contributed by atoms with Gasteiger partial charge in [-0.15, -0.1) is 11.8 Å². The van der Waals surface area contributed by atoms with Crippen molar-refractivity contribution < 1.29 is 9.53 Å². The van der Waals surface area contributed by atoms with Crippen molar-refractivity contribution in [1.82, 2.24) is 5.32 Å². The van der Waals surface area contributed by atoms with Gasteiger partial charge < -0.3 is 10.1 Å². The molecule has 2 rings (SSSR count). The van der Waals surface area contributed by atoms with E-state index in [1.54, 1.807) is 11.8 Å². The first-order valence-electron chi connectivity index (χ1n) is 3.83. The van der Waals surface area contributed by atoms with Crippen molar-refractivity contribution in [3.8, 4) is 0 Å². The summed E-state index contributed by atoms with van der Waals surface area (Å²) < 4.78 is 5.23. The smallest absolute Gasteiger partial charge is 0.231 e. The van der Waals surface area contributed by atoms with Crippen LogP contribution in [0.4, 0.5) is 0 Å². The summed E-state index contributed by atoms with van der Waals surface area (Å²) in [4.78, 5) is 11.0. The molecule has 2 fully saturated rings. The van der Waals surface area contributed by atoms with Crippen molar-refractivity contribution >= 4 is 17.7 Å². The molecular formula is C7H11NO2S. The van der Waals surface area contributed by atoms with Crippen LogP contribution >= 0.6 is 11.8 Å². The zero-order chi connectivity index (χ0) is 7.73. The van der Waals surface area contributed by atoms with Gasteiger partial charge in [0.05, 0.1) is 10.6 Å². The molecule has 2 saturated heterocycles. The van der Waals surface area contributed by atoms with E-state index in [-0.39, 0.29) is 10.8 Å². The third-order valence-corrected chi connectivity index (χ3v) is 3.62. The predicted molar refractivity (Wildman–Crippen MR) is 43.4 cm³/mol. The molecule has 1 spiro atoms. The highest BCUT2D eigenvalue weighted by Gasteiger charge is 2.39. The Morgan fingerprint density at radius 2 is 2.18 bits per heavy atom. The zero-order valence-corrected chi connectivity index (χ0v) is 7.08. The normalized spacial score (nSPS) is 28.9. The van der Waals surface area contributed by atoms with Gasteiger partial charge >= 0.3 is 0 Å². The van der Waals surface area contributed by atoms with Gasteiger partial charge in [-0.25, -0.2) is 0 Å². The highest BCUT2D eigenvalue weighted by Crippen LogP contribution is 2.36. The average Bonchev–Trinajstić information content (AvgIpc) is 2.34. The molecule has 0 aromatic carbocycles. The van der Waals surface area contributed by atoms with Crippen LogP contribution in [0.25, 0.3) is 0 Å². The third-order valence-electron chi connectivity index (χ3n) is 2.15.